The van der Waals surface area contributed by atoms with Gasteiger partial charge in [-0.1, -0.05) is 97.1 Å². The zero-order valence-corrected chi connectivity index (χ0v) is 22.8. The van der Waals surface area contributed by atoms with Crippen molar-refractivity contribution in [3.05, 3.63) is 134 Å². The Morgan fingerprint density at radius 2 is 1.02 bits per heavy atom. The standard InChI is InChI=1S/C36H22N6O/c1-3-11-23(12-4-1)34-40-35(24-13-5-2-6-14-24)42-36(41-34)26-16-9-15-25(21-26)28-18-10-19-29(39-28)32-33-31(37-22-38-32)27-17-7-8-20-30(27)43-33/h1-22H. The van der Waals surface area contributed by atoms with Crippen molar-refractivity contribution in [1.82, 2.24) is 29.9 Å². The van der Waals surface area contributed by atoms with Crippen LogP contribution < -0.4 is 0 Å². The number of furan rings is 1. The molecule has 0 aliphatic carbocycles. The van der Waals surface area contributed by atoms with Gasteiger partial charge in [-0.15, -0.1) is 0 Å². The monoisotopic (exact) mass is 554 g/mol. The maximum absolute atomic E-state index is 6.17. The van der Waals surface area contributed by atoms with Gasteiger partial charge in [0.1, 0.15) is 23.1 Å². The van der Waals surface area contributed by atoms with Crippen LogP contribution in [0.1, 0.15) is 0 Å². The average Bonchev–Trinajstić information content (AvgIpc) is 3.48. The number of rotatable bonds is 5. The Morgan fingerprint density at radius 3 is 1.77 bits per heavy atom. The molecule has 4 heterocycles. The van der Waals surface area contributed by atoms with Gasteiger partial charge < -0.3 is 4.42 Å². The summed E-state index contributed by atoms with van der Waals surface area (Å²) < 4.78 is 6.17. The molecule has 0 saturated heterocycles. The lowest BCUT2D eigenvalue weighted by molar-refractivity contribution is 0.667. The molecule has 0 unspecified atom stereocenters. The van der Waals surface area contributed by atoms with Gasteiger partial charge in [-0.25, -0.2) is 29.9 Å². The summed E-state index contributed by atoms with van der Waals surface area (Å²) in [7, 11) is 0. The Bertz CT molecular complexity index is 2190. The van der Waals surface area contributed by atoms with Crippen LogP contribution in [0.2, 0.25) is 0 Å². The van der Waals surface area contributed by atoms with E-state index in [2.05, 4.69) is 16.0 Å². The van der Waals surface area contributed by atoms with Gasteiger partial charge in [0, 0.05) is 27.6 Å². The molecule has 4 aromatic carbocycles. The Labute approximate surface area is 246 Å². The molecule has 0 atom stereocenters. The first-order chi connectivity index (χ1) is 21.3. The molecule has 0 amide bonds. The first-order valence-electron chi connectivity index (χ1n) is 13.9. The zero-order chi connectivity index (χ0) is 28.6. The molecule has 0 fully saturated rings. The summed E-state index contributed by atoms with van der Waals surface area (Å²) in [5.41, 5.74) is 7.95. The summed E-state index contributed by atoms with van der Waals surface area (Å²) in [5, 5.41) is 0.951. The SMILES string of the molecule is c1ccc(-c2nc(-c3ccccc3)nc(-c3cccc(-c4cccc(-c5ncnc6c5oc5ccccc56)n4)c3)n2)cc1. The smallest absolute Gasteiger partial charge is 0.181 e. The van der Waals surface area contributed by atoms with E-state index in [1.54, 1.807) is 6.33 Å². The lowest BCUT2D eigenvalue weighted by Gasteiger charge is -2.10. The highest BCUT2D eigenvalue weighted by molar-refractivity contribution is 6.06. The van der Waals surface area contributed by atoms with E-state index in [-0.39, 0.29) is 0 Å². The molecule has 0 saturated carbocycles. The number of pyridine rings is 1. The van der Waals surface area contributed by atoms with Crippen molar-refractivity contribution in [3.8, 4) is 56.8 Å². The number of fused-ring (bicyclic) bond motifs is 3. The zero-order valence-electron chi connectivity index (χ0n) is 22.8. The molecule has 0 N–H and O–H groups in total. The van der Waals surface area contributed by atoms with Crippen molar-refractivity contribution >= 4 is 22.1 Å². The van der Waals surface area contributed by atoms with E-state index in [1.165, 1.54) is 0 Å². The highest BCUT2D eigenvalue weighted by atomic mass is 16.3. The summed E-state index contributed by atoms with van der Waals surface area (Å²) in [6.07, 6.45) is 1.56. The molecular weight excluding hydrogens is 532 g/mol. The second kappa shape index (κ2) is 10.4. The van der Waals surface area contributed by atoms with Crippen molar-refractivity contribution < 1.29 is 4.42 Å². The van der Waals surface area contributed by atoms with E-state index < -0.39 is 0 Å². The fourth-order valence-corrected chi connectivity index (χ4v) is 5.19. The minimum atomic E-state index is 0.588. The van der Waals surface area contributed by atoms with Gasteiger partial charge in [0.05, 0.1) is 11.4 Å². The number of benzene rings is 4. The van der Waals surface area contributed by atoms with Gasteiger partial charge in [-0.05, 0) is 30.3 Å². The molecule has 0 spiro atoms. The fraction of sp³-hybridized carbons (Fsp3) is 0. The molecule has 4 aromatic heterocycles. The predicted octanol–water partition coefficient (Wildman–Crippen LogP) is 8.29. The summed E-state index contributed by atoms with van der Waals surface area (Å²) in [6.45, 7) is 0. The van der Waals surface area contributed by atoms with Gasteiger partial charge in [0.25, 0.3) is 0 Å². The van der Waals surface area contributed by atoms with E-state index in [9.17, 15) is 0 Å². The Balaban J connectivity index is 1.22. The molecule has 0 bridgehead atoms. The van der Waals surface area contributed by atoms with Crippen LogP contribution in [0.25, 0.3) is 78.9 Å². The van der Waals surface area contributed by atoms with Crippen molar-refractivity contribution in [2.24, 2.45) is 0 Å². The van der Waals surface area contributed by atoms with Crippen molar-refractivity contribution in [2.45, 2.75) is 0 Å². The minimum absolute atomic E-state index is 0.588. The second-order valence-electron chi connectivity index (χ2n) is 10.0. The van der Waals surface area contributed by atoms with Crippen LogP contribution in [0, 0.1) is 0 Å². The third-order valence-corrected chi connectivity index (χ3v) is 7.27. The number of aromatic nitrogens is 6. The molecule has 7 nitrogen and oxygen atoms in total. The fourth-order valence-electron chi connectivity index (χ4n) is 5.19. The maximum Gasteiger partial charge on any atom is 0.181 e. The second-order valence-corrected chi connectivity index (χ2v) is 10.0. The van der Waals surface area contributed by atoms with Crippen LogP contribution in [0.5, 0.6) is 0 Å². The quantitative estimate of drug-likeness (QED) is 0.211. The van der Waals surface area contributed by atoms with Crippen LogP contribution in [0.3, 0.4) is 0 Å². The van der Waals surface area contributed by atoms with Crippen molar-refractivity contribution in [2.75, 3.05) is 0 Å². The third-order valence-electron chi connectivity index (χ3n) is 7.27. The molecule has 7 heteroatoms. The largest absolute Gasteiger partial charge is 0.452 e. The van der Waals surface area contributed by atoms with Crippen molar-refractivity contribution in [1.29, 1.82) is 0 Å². The first kappa shape index (κ1) is 24.7. The topological polar surface area (TPSA) is 90.5 Å². The lowest BCUT2D eigenvalue weighted by atomic mass is 10.1. The van der Waals surface area contributed by atoms with Crippen LogP contribution >= 0.6 is 0 Å². The molecular formula is C36H22N6O. The molecule has 0 radical (unpaired) electrons. The minimum Gasteiger partial charge on any atom is -0.452 e. The summed E-state index contributed by atoms with van der Waals surface area (Å²) in [4.78, 5) is 28.6. The van der Waals surface area contributed by atoms with E-state index in [0.29, 0.717) is 34.4 Å². The normalized spacial score (nSPS) is 11.3. The predicted molar refractivity (Wildman–Crippen MR) is 168 cm³/mol. The molecule has 43 heavy (non-hydrogen) atoms. The average molecular weight is 555 g/mol. The summed E-state index contributed by atoms with van der Waals surface area (Å²) in [5.74, 6) is 1.83. The number of hydrogen-bond donors (Lipinski definition) is 0. The number of hydrogen-bond acceptors (Lipinski definition) is 7. The molecule has 0 aliphatic heterocycles. The Morgan fingerprint density at radius 1 is 0.442 bits per heavy atom. The highest BCUT2D eigenvalue weighted by Gasteiger charge is 2.17. The van der Waals surface area contributed by atoms with Gasteiger partial charge in [0.15, 0.2) is 23.1 Å². The van der Waals surface area contributed by atoms with Crippen LogP contribution in [-0.2, 0) is 0 Å². The van der Waals surface area contributed by atoms with Crippen LogP contribution in [0.15, 0.2) is 138 Å². The summed E-state index contributed by atoms with van der Waals surface area (Å²) >= 11 is 0. The molecule has 0 aliphatic rings. The van der Waals surface area contributed by atoms with E-state index in [0.717, 1.165) is 44.4 Å². The molecule has 8 aromatic rings. The van der Waals surface area contributed by atoms with E-state index >= 15 is 0 Å². The van der Waals surface area contributed by atoms with Gasteiger partial charge in [0.2, 0.25) is 0 Å². The first-order valence-corrected chi connectivity index (χ1v) is 13.9. The number of nitrogens with zero attached hydrogens (tertiary/aromatic N) is 6. The van der Waals surface area contributed by atoms with Gasteiger partial charge in [-0.3, -0.25) is 0 Å². The lowest BCUT2D eigenvalue weighted by Crippen LogP contribution is -2.00. The van der Waals surface area contributed by atoms with Crippen LogP contribution in [-0.4, -0.2) is 29.9 Å². The summed E-state index contributed by atoms with van der Waals surface area (Å²) in [6, 6.07) is 41.8. The van der Waals surface area contributed by atoms with Gasteiger partial charge in [-0.2, -0.15) is 0 Å². The van der Waals surface area contributed by atoms with Crippen LogP contribution in [0.4, 0.5) is 0 Å². The van der Waals surface area contributed by atoms with E-state index in [4.69, 9.17) is 24.4 Å². The molecule has 8 rings (SSSR count). The molecule has 202 valence electrons. The number of para-hydroxylation sites is 1. The Kier molecular flexibility index (Phi) is 5.97. The highest BCUT2D eigenvalue weighted by Crippen LogP contribution is 2.33. The maximum atomic E-state index is 6.17. The van der Waals surface area contributed by atoms with E-state index in [1.807, 2.05) is 121 Å². The van der Waals surface area contributed by atoms with Crippen molar-refractivity contribution in [3.63, 3.8) is 0 Å². The Hall–Kier alpha value is -6.08. The third kappa shape index (κ3) is 4.59. The van der Waals surface area contributed by atoms with Gasteiger partial charge >= 0.3 is 0 Å².